The van der Waals surface area contributed by atoms with Crippen LogP contribution in [0.15, 0.2) is 24.5 Å². The lowest BCUT2D eigenvalue weighted by molar-refractivity contribution is 0.106. The molecule has 0 amide bonds. The molecule has 0 fully saturated rings. The summed E-state index contributed by atoms with van der Waals surface area (Å²) in [7, 11) is 1.86. The predicted molar refractivity (Wildman–Crippen MR) is 80.7 cm³/mol. The Morgan fingerprint density at radius 1 is 1.38 bits per heavy atom. The molecule has 0 aliphatic rings. The number of aliphatic hydroxyl groups is 1. The van der Waals surface area contributed by atoms with Crippen LogP contribution in [0.2, 0.25) is 10.0 Å². The van der Waals surface area contributed by atoms with E-state index in [1.807, 2.05) is 11.6 Å². The minimum Gasteiger partial charge on any atom is -0.491 e. The van der Waals surface area contributed by atoms with Crippen molar-refractivity contribution in [3.05, 3.63) is 40.4 Å². The van der Waals surface area contributed by atoms with Gasteiger partial charge in [0.2, 0.25) is 0 Å². The SMILES string of the molecule is Cn1cnnc1CNCC(O)COc1ccc(Cl)c(Cl)c1. The molecule has 2 N–H and O–H groups in total. The topological polar surface area (TPSA) is 72.2 Å². The van der Waals surface area contributed by atoms with E-state index in [0.717, 1.165) is 5.82 Å². The summed E-state index contributed by atoms with van der Waals surface area (Å²) in [6.45, 7) is 1.07. The summed E-state index contributed by atoms with van der Waals surface area (Å²) in [5, 5.41) is 21.5. The second-order valence-electron chi connectivity index (χ2n) is 4.53. The third-order valence-electron chi connectivity index (χ3n) is 2.80. The van der Waals surface area contributed by atoms with E-state index in [0.29, 0.717) is 28.9 Å². The molecule has 21 heavy (non-hydrogen) atoms. The van der Waals surface area contributed by atoms with Crippen LogP contribution in [-0.4, -0.2) is 39.1 Å². The maximum Gasteiger partial charge on any atom is 0.146 e. The van der Waals surface area contributed by atoms with Crippen LogP contribution in [0.3, 0.4) is 0 Å². The molecule has 1 atom stereocenters. The summed E-state index contributed by atoms with van der Waals surface area (Å²) in [5.74, 6) is 1.37. The van der Waals surface area contributed by atoms with Crippen molar-refractivity contribution in [2.75, 3.05) is 13.2 Å². The molecule has 1 unspecified atom stereocenters. The summed E-state index contributed by atoms with van der Waals surface area (Å²) in [6, 6.07) is 4.97. The van der Waals surface area contributed by atoms with Gasteiger partial charge in [-0.05, 0) is 12.1 Å². The summed E-state index contributed by atoms with van der Waals surface area (Å²) in [4.78, 5) is 0. The molecule has 8 heteroatoms. The number of hydrogen-bond donors (Lipinski definition) is 2. The van der Waals surface area contributed by atoms with E-state index in [-0.39, 0.29) is 6.61 Å². The normalized spacial score (nSPS) is 12.4. The van der Waals surface area contributed by atoms with Gasteiger partial charge in [0.15, 0.2) is 0 Å². The van der Waals surface area contributed by atoms with Crippen LogP contribution < -0.4 is 10.1 Å². The van der Waals surface area contributed by atoms with Gasteiger partial charge in [0.25, 0.3) is 0 Å². The smallest absolute Gasteiger partial charge is 0.146 e. The molecule has 1 heterocycles. The van der Waals surface area contributed by atoms with Crippen LogP contribution in [0, 0.1) is 0 Å². The zero-order valence-electron chi connectivity index (χ0n) is 11.5. The van der Waals surface area contributed by atoms with E-state index in [1.54, 1.807) is 24.5 Å². The minimum atomic E-state index is -0.646. The van der Waals surface area contributed by atoms with Gasteiger partial charge in [0.1, 0.15) is 30.6 Å². The number of hydrogen-bond acceptors (Lipinski definition) is 5. The molecule has 2 aromatic rings. The Labute approximate surface area is 132 Å². The fourth-order valence-electron chi connectivity index (χ4n) is 1.64. The van der Waals surface area contributed by atoms with Crippen molar-refractivity contribution in [3.63, 3.8) is 0 Å². The molecule has 6 nitrogen and oxygen atoms in total. The van der Waals surface area contributed by atoms with Crippen molar-refractivity contribution in [3.8, 4) is 5.75 Å². The van der Waals surface area contributed by atoms with Gasteiger partial charge in [-0.2, -0.15) is 0 Å². The van der Waals surface area contributed by atoms with Gasteiger partial charge in [-0.1, -0.05) is 23.2 Å². The Morgan fingerprint density at radius 2 is 2.19 bits per heavy atom. The maximum absolute atomic E-state index is 9.84. The lowest BCUT2D eigenvalue weighted by Crippen LogP contribution is -2.31. The van der Waals surface area contributed by atoms with E-state index in [4.69, 9.17) is 27.9 Å². The lowest BCUT2D eigenvalue weighted by Gasteiger charge is -2.13. The second kappa shape index (κ2) is 7.61. The van der Waals surface area contributed by atoms with Gasteiger partial charge >= 0.3 is 0 Å². The van der Waals surface area contributed by atoms with Crippen molar-refractivity contribution in [1.29, 1.82) is 0 Å². The highest BCUT2D eigenvalue weighted by Gasteiger charge is 2.07. The summed E-state index contributed by atoms with van der Waals surface area (Å²) < 4.78 is 7.26. The predicted octanol–water partition coefficient (Wildman–Crippen LogP) is 1.65. The Bertz CT molecular complexity index is 591. The number of halogens is 2. The largest absolute Gasteiger partial charge is 0.491 e. The van der Waals surface area contributed by atoms with Gasteiger partial charge in [-0.15, -0.1) is 10.2 Å². The van der Waals surface area contributed by atoms with Crippen molar-refractivity contribution < 1.29 is 9.84 Å². The zero-order chi connectivity index (χ0) is 15.2. The van der Waals surface area contributed by atoms with Crippen LogP contribution in [-0.2, 0) is 13.6 Å². The van der Waals surface area contributed by atoms with Gasteiger partial charge in [0.05, 0.1) is 16.6 Å². The highest BCUT2D eigenvalue weighted by Crippen LogP contribution is 2.26. The van der Waals surface area contributed by atoms with Crippen LogP contribution in [0.5, 0.6) is 5.75 Å². The molecule has 1 aromatic heterocycles. The maximum atomic E-state index is 9.84. The minimum absolute atomic E-state index is 0.157. The standard InChI is InChI=1S/C13H16Cl2N4O2/c1-19-8-17-18-13(19)6-16-5-9(20)7-21-10-2-3-11(14)12(15)4-10/h2-4,8-9,16,20H,5-7H2,1H3. The van der Waals surface area contributed by atoms with Crippen molar-refractivity contribution in [2.45, 2.75) is 12.6 Å². The Balaban J connectivity index is 1.71. The molecule has 0 aliphatic carbocycles. The van der Waals surface area contributed by atoms with E-state index >= 15 is 0 Å². The molecule has 1 aromatic carbocycles. The fourth-order valence-corrected chi connectivity index (χ4v) is 1.92. The first-order valence-electron chi connectivity index (χ1n) is 6.35. The van der Waals surface area contributed by atoms with Gasteiger partial charge < -0.3 is 19.7 Å². The first kappa shape index (κ1) is 16.0. The van der Waals surface area contributed by atoms with Crippen molar-refractivity contribution in [2.24, 2.45) is 7.05 Å². The quantitative estimate of drug-likeness (QED) is 0.807. The molecular formula is C13H16Cl2N4O2. The van der Waals surface area contributed by atoms with E-state index in [1.165, 1.54) is 0 Å². The molecule has 0 bridgehead atoms. The Morgan fingerprint density at radius 3 is 2.86 bits per heavy atom. The highest BCUT2D eigenvalue weighted by atomic mass is 35.5. The average molecular weight is 331 g/mol. The van der Waals surface area contributed by atoms with Crippen LogP contribution in [0.4, 0.5) is 0 Å². The van der Waals surface area contributed by atoms with E-state index in [9.17, 15) is 5.11 Å². The number of rotatable bonds is 7. The average Bonchev–Trinajstić information content (AvgIpc) is 2.86. The van der Waals surface area contributed by atoms with Crippen LogP contribution >= 0.6 is 23.2 Å². The second-order valence-corrected chi connectivity index (χ2v) is 5.34. The number of benzene rings is 1. The fraction of sp³-hybridized carbons (Fsp3) is 0.385. The third-order valence-corrected chi connectivity index (χ3v) is 3.54. The van der Waals surface area contributed by atoms with Crippen molar-refractivity contribution >= 4 is 23.2 Å². The molecule has 2 rings (SSSR count). The monoisotopic (exact) mass is 330 g/mol. The van der Waals surface area contributed by atoms with Crippen LogP contribution in [0.1, 0.15) is 5.82 Å². The van der Waals surface area contributed by atoms with Crippen molar-refractivity contribution in [1.82, 2.24) is 20.1 Å². The molecule has 0 saturated heterocycles. The Kier molecular flexibility index (Phi) is 5.81. The molecule has 0 aliphatic heterocycles. The number of nitrogens with one attached hydrogen (secondary N) is 1. The lowest BCUT2D eigenvalue weighted by atomic mass is 10.3. The molecular weight excluding hydrogens is 315 g/mol. The van der Waals surface area contributed by atoms with Gasteiger partial charge in [-0.3, -0.25) is 0 Å². The van der Waals surface area contributed by atoms with E-state index < -0.39 is 6.10 Å². The number of aliphatic hydroxyl groups excluding tert-OH is 1. The molecule has 114 valence electrons. The van der Waals surface area contributed by atoms with E-state index in [2.05, 4.69) is 15.5 Å². The number of ether oxygens (including phenoxy) is 1. The zero-order valence-corrected chi connectivity index (χ0v) is 13.0. The highest BCUT2D eigenvalue weighted by molar-refractivity contribution is 6.42. The molecule has 0 radical (unpaired) electrons. The first-order valence-corrected chi connectivity index (χ1v) is 7.11. The van der Waals surface area contributed by atoms with Crippen LogP contribution in [0.25, 0.3) is 0 Å². The molecule has 0 spiro atoms. The first-order chi connectivity index (χ1) is 10.1. The Hall–Kier alpha value is -1.34. The van der Waals surface area contributed by atoms with Gasteiger partial charge in [0, 0.05) is 19.7 Å². The number of aromatic nitrogens is 3. The van der Waals surface area contributed by atoms with Gasteiger partial charge in [-0.25, -0.2) is 0 Å². The summed E-state index contributed by atoms with van der Waals surface area (Å²) in [5.41, 5.74) is 0. The summed E-state index contributed by atoms with van der Waals surface area (Å²) >= 11 is 11.7. The number of nitrogens with zero attached hydrogens (tertiary/aromatic N) is 3. The number of aryl methyl sites for hydroxylation is 1. The third kappa shape index (κ3) is 4.86. The molecule has 0 saturated carbocycles. The summed E-state index contributed by atoms with van der Waals surface area (Å²) in [6.07, 6.45) is 0.980.